The average molecular weight is 286 g/mol. The van der Waals surface area contributed by atoms with E-state index in [0.717, 1.165) is 29.8 Å². The number of benzene rings is 2. The number of rotatable bonds is 2. The van der Waals surface area contributed by atoms with Crippen LogP contribution in [0.4, 0.5) is 0 Å². The number of hydrogen-bond acceptors (Lipinski definition) is 1. The zero-order valence-electron chi connectivity index (χ0n) is 11.6. The van der Waals surface area contributed by atoms with Crippen molar-refractivity contribution in [3.8, 4) is 0 Å². The van der Waals surface area contributed by atoms with Gasteiger partial charge in [-0.2, -0.15) is 0 Å². The summed E-state index contributed by atoms with van der Waals surface area (Å²) in [5, 5.41) is 0.819. The molecule has 1 nitrogen and oxygen atoms in total. The lowest BCUT2D eigenvalue weighted by Crippen LogP contribution is -2.39. The zero-order valence-corrected chi connectivity index (χ0v) is 12.4. The van der Waals surface area contributed by atoms with Crippen LogP contribution in [-0.4, -0.2) is 0 Å². The zero-order chi connectivity index (χ0) is 14.0. The van der Waals surface area contributed by atoms with Crippen molar-refractivity contribution in [3.05, 3.63) is 70.2 Å². The van der Waals surface area contributed by atoms with E-state index >= 15 is 0 Å². The highest BCUT2D eigenvalue weighted by Crippen LogP contribution is 2.36. The number of nitrogens with two attached hydrogens (primary N) is 1. The molecule has 0 fully saturated rings. The molecular formula is C18H20ClN. The number of fused-ring (bicyclic) bond motifs is 1. The molecule has 0 aromatic heterocycles. The molecule has 0 bridgehead atoms. The first-order valence-corrected chi connectivity index (χ1v) is 7.67. The van der Waals surface area contributed by atoms with E-state index in [-0.39, 0.29) is 5.54 Å². The van der Waals surface area contributed by atoms with Crippen LogP contribution in [0.15, 0.2) is 48.5 Å². The summed E-state index contributed by atoms with van der Waals surface area (Å²) >= 11 is 6.32. The second-order valence-electron chi connectivity index (χ2n) is 5.79. The van der Waals surface area contributed by atoms with E-state index in [0.29, 0.717) is 0 Å². The van der Waals surface area contributed by atoms with E-state index in [4.69, 9.17) is 17.3 Å². The van der Waals surface area contributed by atoms with E-state index in [1.165, 1.54) is 24.0 Å². The van der Waals surface area contributed by atoms with Gasteiger partial charge in [0.2, 0.25) is 0 Å². The van der Waals surface area contributed by atoms with Gasteiger partial charge < -0.3 is 5.73 Å². The summed E-state index contributed by atoms with van der Waals surface area (Å²) in [4.78, 5) is 0. The molecule has 0 aliphatic heterocycles. The van der Waals surface area contributed by atoms with Crippen LogP contribution in [0.1, 0.15) is 36.0 Å². The van der Waals surface area contributed by atoms with Crippen molar-refractivity contribution in [1.29, 1.82) is 0 Å². The van der Waals surface area contributed by atoms with Crippen molar-refractivity contribution in [1.82, 2.24) is 0 Å². The van der Waals surface area contributed by atoms with Gasteiger partial charge in [0, 0.05) is 10.6 Å². The summed E-state index contributed by atoms with van der Waals surface area (Å²) in [5.74, 6) is 0. The third-order valence-corrected chi connectivity index (χ3v) is 4.71. The highest BCUT2D eigenvalue weighted by Gasteiger charge is 2.31. The van der Waals surface area contributed by atoms with Gasteiger partial charge in [0.1, 0.15) is 0 Å². The van der Waals surface area contributed by atoms with Crippen LogP contribution in [0, 0.1) is 0 Å². The van der Waals surface area contributed by atoms with Gasteiger partial charge in [-0.3, -0.25) is 0 Å². The maximum absolute atomic E-state index is 6.81. The lowest BCUT2D eigenvalue weighted by Gasteiger charge is -2.31. The molecule has 0 heterocycles. The second kappa shape index (κ2) is 5.59. The monoisotopic (exact) mass is 285 g/mol. The second-order valence-corrected chi connectivity index (χ2v) is 6.20. The fourth-order valence-electron chi connectivity index (χ4n) is 3.28. The molecule has 20 heavy (non-hydrogen) atoms. The van der Waals surface area contributed by atoms with Crippen LogP contribution in [0.25, 0.3) is 0 Å². The standard InChI is InChI=1S/C18H20ClN/c19-17-11-4-2-9-15(17)13-18(20)12-6-5-8-14-7-1-3-10-16(14)18/h1-4,7,9-11H,5-6,8,12-13,20H2. The Kier molecular flexibility index (Phi) is 3.82. The molecule has 2 aromatic rings. The van der Waals surface area contributed by atoms with E-state index in [2.05, 4.69) is 30.3 Å². The van der Waals surface area contributed by atoms with Crippen molar-refractivity contribution in [3.63, 3.8) is 0 Å². The summed E-state index contributed by atoms with van der Waals surface area (Å²) in [5.41, 5.74) is 10.4. The normalized spacial score (nSPS) is 22.1. The third-order valence-electron chi connectivity index (χ3n) is 4.34. The molecule has 2 N–H and O–H groups in total. The first-order chi connectivity index (χ1) is 9.69. The molecule has 3 rings (SSSR count). The van der Waals surface area contributed by atoms with Crippen molar-refractivity contribution in [2.24, 2.45) is 5.73 Å². The summed E-state index contributed by atoms with van der Waals surface area (Å²) in [6.07, 6.45) is 5.37. The minimum Gasteiger partial charge on any atom is -0.321 e. The van der Waals surface area contributed by atoms with E-state index in [9.17, 15) is 0 Å². The van der Waals surface area contributed by atoms with Gasteiger partial charge in [-0.25, -0.2) is 0 Å². The molecule has 2 aromatic carbocycles. The van der Waals surface area contributed by atoms with Gasteiger partial charge >= 0.3 is 0 Å². The van der Waals surface area contributed by atoms with Crippen molar-refractivity contribution < 1.29 is 0 Å². The van der Waals surface area contributed by atoms with Crippen LogP contribution >= 0.6 is 11.6 Å². The molecule has 0 spiro atoms. The molecular weight excluding hydrogens is 266 g/mol. The van der Waals surface area contributed by atoms with Gasteiger partial charge in [0.05, 0.1) is 0 Å². The Hall–Kier alpha value is -1.31. The summed E-state index contributed by atoms with van der Waals surface area (Å²) < 4.78 is 0. The predicted molar refractivity (Wildman–Crippen MR) is 85.0 cm³/mol. The van der Waals surface area contributed by atoms with Gasteiger partial charge in [-0.05, 0) is 48.4 Å². The summed E-state index contributed by atoms with van der Waals surface area (Å²) in [7, 11) is 0. The van der Waals surface area contributed by atoms with E-state index in [1.54, 1.807) is 0 Å². The summed E-state index contributed by atoms with van der Waals surface area (Å²) in [6, 6.07) is 16.7. The van der Waals surface area contributed by atoms with Crippen LogP contribution in [0.3, 0.4) is 0 Å². The molecule has 1 unspecified atom stereocenters. The first-order valence-electron chi connectivity index (χ1n) is 7.30. The molecule has 0 radical (unpaired) electrons. The fraction of sp³-hybridized carbons (Fsp3) is 0.333. The van der Waals surface area contributed by atoms with Gasteiger partial charge in [-0.15, -0.1) is 0 Å². The largest absolute Gasteiger partial charge is 0.321 e. The van der Waals surface area contributed by atoms with Crippen molar-refractivity contribution in [2.45, 2.75) is 37.6 Å². The van der Waals surface area contributed by atoms with Gasteiger partial charge in [0.25, 0.3) is 0 Å². The topological polar surface area (TPSA) is 26.0 Å². The number of halogens is 1. The minimum atomic E-state index is -0.294. The molecule has 0 saturated carbocycles. The Morgan fingerprint density at radius 2 is 1.75 bits per heavy atom. The fourth-order valence-corrected chi connectivity index (χ4v) is 3.48. The summed E-state index contributed by atoms with van der Waals surface area (Å²) in [6.45, 7) is 0. The van der Waals surface area contributed by atoms with Crippen molar-refractivity contribution >= 4 is 11.6 Å². The van der Waals surface area contributed by atoms with Crippen LogP contribution < -0.4 is 5.73 Å². The van der Waals surface area contributed by atoms with Gasteiger partial charge in [-0.1, -0.05) is 60.5 Å². The Bertz CT molecular complexity index is 608. The SMILES string of the molecule is NC1(Cc2ccccc2Cl)CCCCc2ccccc21. The maximum Gasteiger partial charge on any atom is 0.0453 e. The predicted octanol–water partition coefficient (Wildman–Crippen LogP) is 4.46. The molecule has 104 valence electrons. The molecule has 1 aliphatic rings. The molecule has 2 heteroatoms. The lowest BCUT2D eigenvalue weighted by atomic mass is 9.80. The maximum atomic E-state index is 6.81. The number of hydrogen-bond donors (Lipinski definition) is 1. The van der Waals surface area contributed by atoms with E-state index < -0.39 is 0 Å². The van der Waals surface area contributed by atoms with E-state index in [1.807, 2.05) is 18.2 Å². The Morgan fingerprint density at radius 1 is 1.00 bits per heavy atom. The van der Waals surface area contributed by atoms with Crippen molar-refractivity contribution in [2.75, 3.05) is 0 Å². The minimum absolute atomic E-state index is 0.294. The van der Waals surface area contributed by atoms with Crippen LogP contribution in [0.5, 0.6) is 0 Å². The lowest BCUT2D eigenvalue weighted by molar-refractivity contribution is 0.399. The highest BCUT2D eigenvalue weighted by atomic mass is 35.5. The Labute approximate surface area is 125 Å². The molecule has 0 saturated heterocycles. The smallest absolute Gasteiger partial charge is 0.0453 e. The highest BCUT2D eigenvalue weighted by molar-refractivity contribution is 6.31. The molecule has 1 aliphatic carbocycles. The number of aryl methyl sites for hydroxylation is 1. The third kappa shape index (κ3) is 2.61. The Morgan fingerprint density at radius 3 is 2.60 bits per heavy atom. The van der Waals surface area contributed by atoms with Crippen LogP contribution in [0.2, 0.25) is 5.02 Å². The quantitative estimate of drug-likeness (QED) is 0.810. The average Bonchev–Trinajstić information content (AvgIpc) is 2.62. The first kappa shape index (κ1) is 13.7. The van der Waals surface area contributed by atoms with Gasteiger partial charge in [0.15, 0.2) is 0 Å². The van der Waals surface area contributed by atoms with Crippen LogP contribution in [-0.2, 0) is 18.4 Å². The Balaban J connectivity index is 2.01. The molecule has 0 amide bonds. The molecule has 1 atom stereocenters.